The van der Waals surface area contributed by atoms with Crippen LogP contribution in [0.4, 0.5) is 5.69 Å². The Kier molecular flexibility index (Phi) is 7.49. The summed E-state index contributed by atoms with van der Waals surface area (Å²) in [6.45, 7) is 2.73. The van der Waals surface area contributed by atoms with Crippen LogP contribution in [0.1, 0.15) is 17.3 Å². The van der Waals surface area contributed by atoms with Crippen LogP contribution < -0.4 is 14.4 Å². The lowest BCUT2D eigenvalue weighted by Crippen LogP contribution is -2.56. The largest absolute Gasteiger partial charge is 0.497 e. The van der Waals surface area contributed by atoms with Crippen molar-refractivity contribution in [2.45, 2.75) is 17.9 Å². The van der Waals surface area contributed by atoms with E-state index >= 15 is 0 Å². The molecule has 1 aliphatic heterocycles. The number of nitrogens with one attached hydrogen (secondary N) is 1. The monoisotopic (exact) mass is 461 g/mol. The molecule has 0 saturated carbocycles. The van der Waals surface area contributed by atoms with Gasteiger partial charge in [-0.1, -0.05) is 0 Å². The molecule has 1 fully saturated rings. The Balaban J connectivity index is 1.61. The van der Waals surface area contributed by atoms with Crippen molar-refractivity contribution in [3.05, 3.63) is 54.1 Å². The SMILES string of the molecule is COc1ccc(S(=O)(=O)NC(CO)C(=O)N2CCN(c3ccc(C(C)=O)cc3)CC2)cc1. The van der Waals surface area contributed by atoms with Gasteiger partial charge < -0.3 is 19.6 Å². The summed E-state index contributed by atoms with van der Waals surface area (Å²) in [4.78, 5) is 27.9. The number of sulfonamides is 1. The van der Waals surface area contributed by atoms with Crippen molar-refractivity contribution in [3.63, 3.8) is 0 Å². The predicted octanol–water partition coefficient (Wildman–Crippen LogP) is 0.886. The molecule has 0 bridgehead atoms. The minimum atomic E-state index is -4.00. The topological polar surface area (TPSA) is 116 Å². The molecule has 2 N–H and O–H groups in total. The maximum absolute atomic E-state index is 12.9. The molecule has 2 aromatic carbocycles. The van der Waals surface area contributed by atoms with Gasteiger partial charge in [-0.05, 0) is 55.5 Å². The number of anilines is 1. The van der Waals surface area contributed by atoms with Crippen LogP contribution in [-0.4, -0.2) is 76.1 Å². The first kappa shape index (κ1) is 23.7. The summed E-state index contributed by atoms with van der Waals surface area (Å²) in [5.74, 6) is 0.0304. The van der Waals surface area contributed by atoms with E-state index in [1.54, 1.807) is 12.1 Å². The van der Waals surface area contributed by atoms with Crippen LogP contribution in [0.15, 0.2) is 53.4 Å². The predicted molar refractivity (Wildman–Crippen MR) is 119 cm³/mol. The molecule has 2 aromatic rings. The summed E-state index contributed by atoms with van der Waals surface area (Å²) in [5.41, 5.74) is 1.58. The lowest BCUT2D eigenvalue weighted by molar-refractivity contribution is -0.134. The van der Waals surface area contributed by atoms with Gasteiger partial charge in [0, 0.05) is 37.4 Å². The second-order valence-electron chi connectivity index (χ2n) is 7.45. The molecule has 1 atom stereocenters. The van der Waals surface area contributed by atoms with Crippen LogP contribution in [0.5, 0.6) is 5.75 Å². The molecule has 0 radical (unpaired) electrons. The van der Waals surface area contributed by atoms with Crippen molar-refractivity contribution in [2.24, 2.45) is 0 Å². The first-order valence-electron chi connectivity index (χ1n) is 10.2. The molecule has 1 amide bonds. The van der Waals surface area contributed by atoms with Gasteiger partial charge in [0.25, 0.3) is 0 Å². The van der Waals surface area contributed by atoms with E-state index in [0.717, 1.165) is 5.69 Å². The molecule has 1 unspecified atom stereocenters. The van der Waals surface area contributed by atoms with Gasteiger partial charge in [-0.3, -0.25) is 9.59 Å². The Morgan fingerprint density at radius 3 is 2.12 bits per heavy atom. The highest BCUT2D eigenvalue weighted by molar-refractivity contribution is 7.89. The summed E-state index contributed by atoms with van der Waals surface area (Å²) in [5, 5.41) is 9.69. The molecule has 32 heavy (non-hydrogen) atoms. The average Bonchev–Trinajstić information content (AvgIpc) is 2.82. The van der Waals surface area contributed by atoms with Gasteiger partial charge in [-0.25, -0.2) is 8.42 Å². The van der Waals surface area contributed by atoms with Gasteiger partial charge in [0.15, 0.2) is 5.78 Å². The number of ether oxygens (including phenoxy) is 1. The number of carbonyl (C=O) groups is 2. The molecule has 1 saturated heterocycles. The minimum Gasteiger partial charge on any atom is -0.497 e. The molecular weight excluding hydrogens is 434 g/mol. The lowest BCUT2D eigenvalue weighted by atomic mass is 10.1. The fraction of sp³-hybridized carbons (Fsp3) is 0.364. The molecule has 172 valence electrons. The number of methoxy groups -OCH3 is 1. The molecule has 0 aromatic heterocycles. The third kappa shape index (κ3) is 5.45. The van der Waals surface area contributed by atoms with Crippen LogP contribution in [0.25, 0.3) is 0 Å². The van der Waals surface area contributed by atoms with E-state index in [-0.39, 0.29) is 10.7 Å². The van der Waals surface area contributed by atoms with E-state index in [0.29, 0.717) is 37.5 Å². The zero-order chi connectivity index (χ0) is 23.3. The highest BCUT2D eigenvalue weighted by atomic mass is 32.2. The van der Waals surface area contributed by atoms with Crippen LogP contribution in [0.2, 0.25) is 0 Å². The maximum Gasteiger partial charge on any atom is 0.243 e. The minimum absolute atomic E-state index is 0.000830. The average molecular weight is 462 g/mol. The summed E-state index contributed by atoms with van der Waals surface area (Å²) < 4.78 is 32.6. The zero-order valence-corrected chi connectivity index (χ0v) is 18.8. The third-order valence-electron chi connectivity index (χ3n) is 5.38. The van der Waals surface area contributed by atoms with Gasteiger partial charge >= 0.3 is 0 Å². The quantitative estimate of drug-likeness (QED) is 0.561. The number of rotatable bonds is 8. The summed E-state index contributed by atoms with van der Waals surface area (Å²) in [7, 11) is -2.52. The number of Topliss-reactive ketones (excluding diaryl/α,β-unsaturated/α-hetero) is 1. The van der Waals surface area contributed by atoms with Gasteiger partial charge in [0.1, 0.15) is 11.8 Å². The van der Waals surface area contributed by atoms with E-state index in [9.17, 15) is 23.1 Å². The number of ketones is 1. The standard InChI is InChI=1S/C22H27N3O6S/c1-16(27)17-3-5-18(6-4-17)24-11-13-25(14-12-24)22(28)21(15-26)23-32(29,30)20-9-7-19(31-2)8-10-20/h3-10,21,23,26H,11-15H2,1-2H3. The number of hydrogen-bond donors (Lipinski definition) is 2. The molecule has 1 heterocycles. The molecule has 0 aliphatic carbocycles. The molecule has 0 spiro atoms. The maximum atomic E-state index is 12.9. The van der Waals surface area contributed by atoms with Gasteiger partial charge in [0.05, 0.1) is 18.6 Å². The number of benzene rings is 2. The smallest absolute Gasteiger partial charge is 0.243 e. The Morgan fingerprint density at radius 2 is 1.62 bits per heavy atom. The second-order valence-corrected chi connectivity index (χ2v) is 9.16. The summed E-state index contributed by atoms with van der Waals surface area (Å²) >= 11 is 0. The number of amides is 1. The lowest BCUT2D eigenvalue weighted by Gasteiger charge is -2.37. The highest BCUT2D eigenvalue weighted by Crippen LogP contribution is 2.19. The van der Waals surface area contributed by atoms with Crippen LogP contribution in [0.3, 0.4) is 0 Å². The first-order valence-corrected chi connectivity index (χ1v) is 11.7. The molecule has 3 rings (SSSR count). The van der Waals surface area contributed by atoms with E-state index < -0.39 is 28.6 Å². The van der Waals surface area contributed by atoms with Crippen LogP contribution in [-0.2, 0) is 14.8 Å². The Labute approximate surface area is 187 Å². The number of piperazine rings is 1. The number of aliphatic hydroxyl groups is 1. The summed E-state index contributed by atoms with van der Waals surface area (Å²) in [6, 6.07) is 11.8. The molecule has 9 nitrogen and oxygen atoms in total. The van der Waals surface area contributed by atoms with Crippen molar-refractivity contribution >= 4 is 27.4 Å². The van der Waals surface area contributed by atoms with Crippen LogP contribution in [0, 0.1) is 0 Å². The number of hydrogen-bond acceptors (Lipinski definition) is 7. The fourth-order valence-electron chi connectivity index (χ4n) is 3.49. The molecule has 10 heteroatoms. The summed E-state index contributed by atoms with van der Waals surface area (Å²) in [6.07, 6.45) is 0. The number of carbonyl (C=O) groups excluding carboxylic acids is 2. The van der Waals surface area contributed by atoms with E-state index in [4.69, 9.17) is 4.74 Å². The van der Waals surface area contributed by atoms with Crippen molar-refractivity contribution in [1.29, 1.82) is 0 Å². The zero-order valence-electron chi connectivity index (χ0n) is 18.0. The number of nitrogens with zero attached hydrogens (tertiary/aromatic N) is 2. The first-order chi connectivity index (χ1) is 15.2. The Bertz CT molecular complexity index is 1050. The Morgan fingerprint density at radius 1 is 1.03 bits per heavy atom. The van der Waals surface area contributed by atoms with E-state index in [2.05, 4.69) is 9.62 Å². The molecule has 1 aliphatic rings. The third-order valence-corrected chi connectivity index (χ3v) is 6.87. The fourth-order valence-corrected chi connectivity index (χ4v) is 4.67. The van der Waals surface area contributed by atoms with Gasteiger partial charge in [0.2, 0.25) is 15.9 Å². The van der Waals surface area contributed by atoms with Crippen molar-refractivity contribution in [2.75, 3.05) is 44.8 Å². The molecular formula is C22H27N3O6S. The van der Waals surface area contributed by atoms with E-state index in [1.165, 1.54) is 43.2 Å². The van der Waals surface area contributed by atoms with Crippen molar-refractivity contribution in [1.82, 2.24) is 9.62 Å². The highest BCUT2D eigenvalue weighted by Gasteiger charge is 2.31. The second kappa shape index (κ2) is 10.1. The normalized spacial score (nSPS) is 15.3. The van der Waals surface area contributed by atoms with Crippen molar-refractivity contribution in [3.8, 4) is 5.75 Å². The number of aliphatic hydroxyl groups excluding tert-OH is 1. The van der Waals surface area contributed by atoms with Gasteiger partial charge in [-0.15, -0.1) is 0 Å². The van der Waals surface area contributed by atoms with Crippen molar-refractivity contribution < 1.29 is 27.9 Å². The van der Waals surface area contributed by atoms with Crippen LogP contribution >= 0.6 is 0 Å². The van der Waals surface area contributed by atoms with E-state index in [1.807, 2.05) is 12.1 Å². The van der Waals surface area contributed by atoms with Gasteiger partial charge in [-0.2, -0.15) is 4.72 Å². The Hall–Kier alpha value is -2.95.